The van der Waals surface area contributed by atoms with Crippen molar-refractivity contribution in [2.45, 2.75) is 4.90 Å². The summed E-state index contributed by atoms with van der Waals surface area (Å²) >= 11 is 0. The fourth-order valence-corrected chi connectivity index (χ4v) is 4.46. The van der Waals surface area contributed by atoms with Crippen molar-refractivity contribution in [3.63, 3.8) is 0 Å². The zero-order valence-electron chi connectivity index (χ0n) is 10.9. The number of sulfonamides is 1. The van der Waals surface area contributed by atoms with Gasteiger partial charge in [-0.15, -0.1) is 12.4 Å². The number of fused-ring (bicyclic) bond motifs is 1. The molecule has 2 aliphatic rings. The monoisotopic (exact) mass is 342 g/mol. The van der Waals surface area contributed by atoms with E-state index in [1.165, 1.54) is 0 Å². The van der Waals surface area contributed by atoms with Crippen molar-refractivity contribution in [3.8, 4) is 0 Å². The highest BCUT2D eigenvalue weighted by Gasteiger charge is 2.42. The molecule has 0 bridgehead atoms. The maximum atomic E-state index is 13.7. The van der Waals surface area contributed by atoms with Gasteiger partial charge in [-0.25, -0.2) is 21.6 Å². The third-order valence-corrected chi connectivity index (χ3v) is 5.82. The first-order chi connectivity index (χ1) is 9.41. The number of benzene rings is 1. The molecule has 4 nitrogen and oxygen atoms in total. The molecule has 0 aliphatic carbocycles. The maximum absolute atomic E-state index is 13.7. The van der Waals surface area contributed by atoms with Gasteiger partial charge < -0.3 is 5.32 Å². The Morgan fingerprint density at radius 2 is 1.62 bits per heavy atom. The molecule has 0 aromatic heterocycles. The summed E-state index contributed by atoms with van der Waals surface area (Å²) in [4.78, 5) is -0.802. The quantitative estimate of drug-likeness (QED) is 0.826. The van der Waals surface area contributed by atoms with Crippen LogP contribution in [0.1, 0.15) is 0 Å². The molecule has 2 atom stereocenters. The van der Waals surface area contributed by atoms with E-state index >= 15 is 0 Å². The van der Waals surface area contributed by atoms with Gasteiger partial charge in [-0.2, -0.15) is 4.31 Å². The Kier molecular flexibility index (Phi) is 4.53. The van der Waals surface area contributed by atoms with E-state index in [4.69, 9.17) is 0 Å². The molecule has 1 aromatic rings. The molecule has 21 heavy (non-hydrogen) atoms. The Labute approximate surface area is 126 Å². The molecule has 2 saturated heterocycles. The van der Waals surface area contributed by atoms with Gasteiger partial charge in [0.1, 0.15) is 4.90 Å². The Morgan fingerprint density at radius 3 is 2.19 bits per heavy atom. The molecule has 0 unspecified atom stereocenters. The van der Waals surface area contributed by atoms with Crippen LogP contribution < -0.4 is 5.32 Å². The molecule has 9 heteroatoms. The van der Waals surface area contributed by atoms with E-state index < -0.39 is 32.4 Å². The lowest BCUT2D eigenvalue weighted by Gasteiger charge is -2.18. The maximum Gasteiger partial charge on any atom is 0.246 e. The average molecular weight is 343 g/mol. The summed E-state index contributed by atoms with van der Waals surface area (Å²) in [5.74, 6) is -4.42. The largest absolute Gasteiger partial charge is 0.316 e. The summed E-state index contributed by atoms with van der Waals surface area (Å²) in [6.07, 6.45) is 0. The molecule has 0 radical (unpaired) electrons. The molecule has 1 aromatic carbocycles. The van der Waals surface area contributed by atoms with Crippen molar-refractivity contribution in [1.29, 1.82) is 0 Å². The van der Waals surface area contributed by atoms with Gasteiger partial charge in [-0.1, -0.05) is 0 Å². The van der Waals surface area contributed by atoms with Crippen LogP contribution in [0.5, 0.6) is 0 Å². The van der Waals surface area contributed by atoms with Crippen LogP contribution in [0.4, 0.5) is 13.2 Å². The molecular formula is C12H14ClF3N2O2S. The Bertz CT molecular complexity index is 644. The number of rotatable bonds is 2. The van der Waals surface area contributed by atoms with E-state index in [-0.39, 0.29) is 37.3 Å². The lowest BCUT2D eigenvalue weighted by Crippen LogP contribution is -2.32. The lowest BCUT2D eigenvalue weighted by atomic mass is 10.0. The van der Waals surface area contributed by atoms with E-state index in [1.54, 1.807) is 0 Å². The van der Waals surface area contributed by atoms with Crippen LogP contribution in [0, 0.1) is 29.3 Å². The lowest BCUT2D eigenvalue weighted by molar-refractivity contribution is 0.417. The first-order valence-corrected chi connectivity index (χ1v) is 7.69. The number of nitrogens with one attached hydrogen (secondary N) is 1. The van der Waals surface area contributed by atoms with Crippen molar-refractivity contribution in [1.82, 2.24) is 9.62 Å². The van der Waals surface area contributed by atoms with Crippen molar-refractivity contribution in [2.75, 3.05) is 26.2 Å². The third kappa shape index (κ3) is 2.65. The fourth-order valence-electron chi connectivity index (χ4n) is 2.86. The third-order valence-electron chi connectivity index (χ3n) is 3.97. The van der Waals surface area contributed by atoms with Crippen molar-refractivity contribution < 1.29 is 21.6 Å². The first kappa shape index (κ1) is 16.5. The second-order valence-corrected chi connectivity index (χ2v) is 7.08. The van der Waals surface area contributed by atoms with E-state index in [0.29, 0.717) is 6.07 Å². The van der Waals surface area contributed by atoms with Gasteiger partial charge in [0, 0.05) is 13.1 Å². The van der Waals surface area contributed by atoms with Crippen LogP contribution in [-0.2, 0) is 10.0 Å². The highest BCUT2D eigenvalue weighted by Crippen LogP contribution is 2.32. The number of hydrogen-bond donors (Lipinski definition) is 1. The standard InChI is InChI=1S/C12H13F3N2O2S.ClH/c13-9-1-2-10(12(15)11(9)14)20(18,19)17-5-7-3-16-4-8(7)6-17;/h1-2,7-8,16H,3-6H2;1H/t7-,8+;. The van der Waals surface area contributed by atoms with Crippen LogP contribution in [-0.4, -0.2) is 38.9 Å². The minimum absolute atomic E-state index is 0. The molecule has 0 spiro atoms. The zero-order chi connectivity index (χ0) is 14.5. The second kappa shape index (κ2) is 5.75. The van der Waals surface area contributed by atoms with Crippen LogP contribution in [0.15, 0.2) is 17.0 Å². The summed E-state index contributed by atoms with van der Waals surface area (Å²) in [5, 5.41) is 3.16. The number of halogens is 4. The molecule has 0 saturated carbocycles. The van der Waals surface area contributed by atoms with Gasteiger partial charge in [0.15, 0.2) is 17.5 Å². The van der Waals surface area contributed by atoms with Crippen LogP contribution >= 0.6 is 12.4 Å². The zero-order valence-corrected chi connectivity index (χ0v) is 12.5. The first-order valence-electron chi connectivity index (χ1n) is 6.25. The van der Waals surface area contributed by atoms with Gasteiger partial charge in [-0.3, -0.25) is 0 Å². The molecule has 2 heterocycles. The molecule has 0 amide bonds. The molecular weight excluding hydrogens is 329 g/mol. The van der Waals surface area contributed by atoms with Gasteiger partial charge >= 0.3 is 0 Å². The molecule has 2 aliphatic heterocycles. The summed E-state index contributed by atoms with van der Waals surface area (Å²) in [6, 6.07) is 1.40. The SMILES string of the molecule is Cl.O=S(=O)(c1ccc(F)c(F)c1F)N1C[C@H]2CNC[C@H]2C1. The van der Waals surface area contributed by atoms with Crippen LogP contribution in [0.25, 0.3) is 0 Å². The summed E-state index contributed by atoms with van der Waals surface area (Å²) < 4.78 is 65.6. The van der Waals surface area contributed by atoms with Crippen molar-refractivity contribution >= 4 is 22.4 Å². The number of nitrogens with zero attached hydrogens (tertiary/aromatic N) is 1. The van der Waals surface area contributed by atoms with Crippen molar-refractivity contribution in [2.24, 2.45) is 11.8 Å². The fraction of sp³-hybridized carbons (Fsp3) is 0.500. The van der Waals surface area contributed by atoms with Gasteiger partial charge in [0.05, 0.1) is 0 Å². The summed E-state index contributed by atoms with van der Waals surface area (Å²) in [6.45, 7) is 1.99. The summed E-state index contributed by atoms with van der Waals surface area (Å²) in [5.41, 5.74) is 0. The molecule has 3 rings (SSSR count). The molecule has 118 valence electrons. The number of hydrogen-bond acceptors (Lipinski definition) is 3. The predicted molar refractivity (Wildman–Crippen MR) is 72.2 cm³/mol. The van der Waals surface area contributed by atoms with Gasteiger partial charge in [-0.05, 0) is 37.1 Å². The van der Waals surface area contributed by atoms with Crippen LogP contribution in [0.3, 0.4) is 0 Å². The van der Waals surface area contributed by atoms with E-state index in [9.17, 15) is 21.6 Å². The van der Waals surface area contributed by atoms with Gasteiger partial charge in [0.25, 0.3) is 0 Å². The second-order valence-electron chi connectivity index (χ2n) is 5.17. The predicted octanol–water partition coefficient (Wildman–Crippen LogP) is 1.37. The minimum Gasteiger partial charge on any atom is -0.316 e. The van der Waals surface area contributed by atoms with Crippen molar-refractivity contribution in [3.05, 3.63) is 29.6 Å². The van der Waals surface area contributed by atoms with E-state index in [1.807, 2.05) is 0 Å². The molecule has 1 N–H and O–H groups in total. The highest BCUT2D eigenvalue weighted by molar-refractivity contribution is 7.89. The van der Waals surface area contributed by atoms with Gasteiger partial charge in [0.2, 0.25) is 10.0 Å². The minimum atomic E-state index is -4.13. The Morgan fingerprint density at radius 1 is 1.05 bits per heavy atom. The summed E-state index contributed by atoms with van der Waals surface area (Å²) in [7, 11) is -4.13. The topological polar surface area (TPSA) is 49.4 Å². The van der Waals surface area contributed by atoms with E-state index in [2.05, 4.69) is 5.32 Å². The Hall–Kier alpha value is -0.830. The average Bonchev–Trinajstić information content (AvgIpc) is 2.96. The highest BCUT2D eigenvalue weighted by atomic mass is 35.5. The van der Waals surface area contributed by atoms with E-state index in [0.717, 1.165) is 23.5 Å². The normalized spacial score (nSPS) is 25.7. The molecule has 2 fully saturated rings. The Balaban J connectivity index is 0.00000161. The van der Waals surface area contributed by atoms with Crippen LogP contribution in [0.2, 0.25) is 0 Å². The smallest absolute Gasteiger partial charge is 0.246 e.